The Hall–Kier alpha value is -1.26. The maximum absolute atomic E-state index is 12.7. The van der Waals surface area contributed by atoms with E-state index < -0.39 is 10.0 Å². The fraction of sp³-hybridized carbons (Fsp3) is 0.357. The maximum Gasteiger partial charge on any atom is 0.267 e. The number of aryl methyl sites for hydroxylation is 1. The van der Waals surface area contributed by atoms with Crippen molar-refractivity contribution in [2.24, 2.45) is 0 Å². The minimum absolute atomic E-state index is 0.0872. The molecule has 2 aromatic rings. The molecule has 0 saturated carbocycles. The molecule has 1 aliphatic heterocycles. The van der Waals surface area contributed by atoms with Crippen LogP contribution in [0.5, 0.6) is 0 Å². The lowest BCUT2D eigenvalue weighted by Gasteiger charge is -2.33. The van der Waals surface area contributed by atoms with Crippen LogP contribution in [0.25, 0.3) is 0 Å². The second-order valence-electron chi connectivity index (χ2n) is 5.46. The lowest BCUT2D eigenvalue weighted by Crippen LogP contribution is -2.50. The van der Waals surface area contributed by atoms with Crippen LogP contribution in [0.4, 0.5) is 0 Å². The lowest BCUT2D eigenvalue weighted by atomic mass is 10.3. The summed E-state index contributed by atoms with van der Waals surface area (Å²) in [6, 6.07) is 4.21. The molecule has 0 radical (unpaired) electrons. The van der Waals surface area contributed by atoms with Gasteiger partial charge >= 0.3 is 0 Å². The number of nitrogens with zero attached hydrogens (tertiary/aromatic N) is 4. The third kappa shape index (κ3) is 3.65. The number of rotatable bonds is 3. The third-order valence-electron chi connectivity index (χ3n) is 3.90. The van der Waals surface area contributed by atoms with E-state index in [1.165, 1.54) is 22.5 Å². The molecule has 0 N–H and O–H groups in total. The summed E-state index contributed by atoms with van der Waals surface area (Å²) < 4.78 is 30.5. The van der Waals surface area contributed by atoms with E-state index in [1.54, 1.807) is 11.8 Å². The second-order valence-corrected chi connectivity index (χ2v) is 8.97. The minimum Gasteiger partial charge on any atom is -0.335 e. The zero-order valence-electron chi connectivity index (χ0n) is 13.1. The van der Waals surface area contributed by atoms with Crippen LogP contribution in [0.2, 0.25) is 10.0 Å². The monoisotopic (exact) mass is 420 g/mol. The highest BCUT2D eigenvalue weighted by Crippen LogP contribution is 2.27. The van der Waals surface area contributed by atoms with Crippen LogP contribution in [-0.2, 0) is 10.0 Å². The van der Waals surface area contributed by atoms with Gasteiger partial charge in [-0.3, -0.25) is 4.79 Å². The van der Waals surface area contributed by atoms with Gasteiger partial charge in [-0.1, -0.05) is 27.7 Å². The average molecular weight is 421 g/mol. The number of halogens is 2. The Labute approximate surface area is 159 Å². The number of sulfonamides is 1. The molecule has 0 unspecified atom stereocenters. The molecule has 0 atom stereocenters. The maximum atomic E-state index is 12.7. The van der Waals surface area contributed by atoms with Crippen molar-refractivity contribution >= 4 is 50.7 Å². The molecule has 2 heterocycles. The quantitative estimate of drug-likeness (QED) is 0.760. The minimum atomic E-state index is -3.68. The molecule has 1 aromatic carbocycles. The molecule has 1 amide bonds. The van der Waals surface area contributed by atoms with Crippen molar-refractivity contribution in [3.63, 3.8) is 0 Å². The number of amides is 1. The van der Waals surface area contributed by atoms with Crippen LogP contribution in [0, 0.1) is 6.92 Å². The molecule has 7 nitrogen and oxygen atoms in total. The Morgan fingerprint density at radius 2 is 1.84 bits per heavy atom. The fourth-order valence-corrected chi connectivity index (χ4v) is 4.93. The van der Waals surface area contributed by atoms with Gasteiger partial charge in [0.25, 0.3) is 5.91 Å². The van der Waals surface area contributed by atoms with Crippen LogP contribution < -0.4 is 0 Å². The normalized spacial score (nSPS) is 16.2. The summed E-state index contributed by atoms with van der Waals surface area (Å²) in [5.74, 6) is -0.168. The molecule has 0 aliphatic carbocycles. The van der Waals surface area contributed by atoms with E-state index in [0.717, 1.165) is 11.5 Å². The van der Waals surface area contributed by atoms with E-state index in [1.807, 2.05) is 0 Å². The lowest BCUT2D eigenvalue weighted by molar-refractivity contribution is 0.0702. The SMILES string of the molecule is Cc1nnsc1C(=O)N1CCN(S(=O)(=O)c2ccc(Cl)c(Cl)c2)CC1. The number of benzene rings is 1. The molecule has 0 spiro atoms. The van der Waals surface area contributed by atoms with Gasteiger partial charge in [-0.05, 0) is 36.7 Å². The van der Waals surface area contributed by atoms with Crippen LogP contribution >= 0.6 is 34.7 Å². The zero-order valence-corrected chi connectivity index (χ0v) is 16.3. The van der Waals surface area contributed by atoms with E-state index >= 15 is 0 Å². The summed E-state index contributed by atoms with van der Waals surface area (Å²) in [6.45, 7) is 2.74. The summed E-state index contributed by atoms with van der Waals surface area (Å²) >= 11 is 12.8. The van der Waals surface area contributed by atoms with E-state index in [9.17, 15) is 13.2 Å². The first-order valence-corrected chi connectivity index (χ1v) is 10.3. The highest BCUT2D eigenvalue weighted by molar-refractivity contribution is 7.89. The van der Waals surface area contributed by atoms with E-state index in [4.69, 9.17) is 23.2 Å². The van der Waals surface area contributed by atoms with Gasteiger partial charge in [0, 0.05) is 26.2 Å². The molecule has 3 rings (SSSR count). The average Bonchev–Trinajstić information content (AvgIpc) is 3.02. The molecule has 1 fully saturated rings. The molecule has 1 saturated heterocycles. The second kappa shape index (κ2) is 7.16. The number of piperazine rings is 1. The predicted octanol–water partition coefficient (Wildman–Crippen LogP) is 2.30. The Morgan fingerprint density at radius 3 is 2.40 bits per heavy atom. The van der Waals surface area contributed by atoms with E-state index in [-0.39, 0.29) is 28.9 Å². The molecule has 11 heteroatoms. The number of aromatic nitrogens is 2. The first-order valence-electron chi connectivity index (χ1n) is 7.34. The summed E-state index contributed by atoms with van der Waals surface area (Å²) in [5, 5.41) is 4.31. The molecule has 134 valence electrons. The predicted molar refractivity (Wildman–Crippen MR) is 95.8 cm³/mol. The summed E-state index contributed by atoms with van der Waals surface area (Å²) in [5.41, 5.74) is 0.584. The van der Waals surface area contributed by atoms with Gasteiger partial charge in [0.1, 0.15) is 4.88 Å². The van der Waals surface area contributed by atoms with Crippen molar-refractivity contribution in [3.8, 4) is 0 Å². The fourth-order valence-electron chi connectivity index (χ4n) is 2.49. The smallest absolute Gasteiger partial charge is 0.267 e. The van der Waals surface area contributed by atoms with Crippen molar-refractivity contribution in [1.29, 1.82) is 0 Å². The Balaban J connectivity index is 1.72. The summed E-state index contributed by atoms with van der Waals surface area (Å²) in [7, 11) is -3.68. The van der Waals surface area contributed by atoms with E-state index in [2.05, 4.69) is 9.59 Å². The molecule has 25 heavy (non-hydrogen) atoms. The van der Waals surface area contributed by atoms with Gasteiger partial charge < -0.3 is 4.90 Å². The molecule has 0 bridgehead atoms. The number of carbonyl (C=O) groups is 1. The zero-order chi connectivity index (χ0) is 18.2. The Kier molecular flexibility index (Phi) is 5.31. The van der Waals surface area contributed by atoms with Crippen molar-refractivity contribution in [1.82, 2.24) is 18.8 Å². The summed E-state index contributed by atoms with van der Waals surface area (Å²) in [6.07, 6.45) is 0. The van der Waals surface area contributed by atoms with E-state index in [0.29, 0.717) is 28.7 Å². The standard InChI is InChI=1S/C14H14Cl2N4O3S2/c1-9-13(24-18-17-9)14(21)19-4-6-20(7-5-19)25(22,23)10-2-3-11(15)12(16)8-10/h2-3,8H,4-7H2,1H3. The van der Waals surface area contributed by atoms with Crippen LogP contribution in [-0.4, -0.2) is 59.3 Å². The van der Waals surface area contributed by atoms with Crippen LogP contribution in [0.3, 0.4) is 0 Å². The highest BCUT2D eigenvalue weighted by Gasteiger charge is 2.31. The third-order valence-corrected chi connectivity index (χ3v) is 7.35. The Morgan fingerprint density at radius 1 is 1.16 bits per heavy atom. The molecular weight excluding hydrogens is 407 g/mol. The topological polar surface area (TPSA) is 83.5 Å². The van der Waals surface area contributed by atoms with Crippen LogP contribution in [0.1, 0.15) is 15.4 Å². The van der Waals surface area contributed by atoms with Crippen molar-refractivity contribution < 1.29 is 13.2 Å². The van der Waals surface area contributed by atoms with Crippen molar-refractivity contribution in [2.75, 3.05) is 26.2 Å². The molecular formula is C14H14Cl2N4O3S2. The van der Waals surface area contributed by atoms with Gasteiger partial charge in [0.2, 0.25) is 10.0 Å². The van der Waals surface area contributed by atoms with Gasteiger partial charge in [0.15, 0.2) is 0 Å². The first kappa shape index (κ1) is 18.5. The number of carbonyl (C=O) groups excluding carboxylic acids is 1. The molecule has 1 aromatic heterocycles. The van der Waals surface area contributed by atoms with Crippen molar-refractivity contribution in [2.45, 2.75) is 11.8 Å². The molecule has 1 aliphatic rings. The van der Waals surface area contributed by atoms with Gasteiger partial charge in [-0.25, -0.2) is 8.42 Å². The van der Waals surface area contributed by atoms with Crippen LogP contribution in [0.15, 0.2) is 23.1 Å². The van der Waals surface area contributed by atoms with Gasteiger partial charge in [-0.15, -0.1) is 5.10 Å². The number of hydrogen-bond acceptors (Lipinski definition) is 6. The van der Waals surface area contributed by atoms with Gasteiger partial charge in [-0.2, -0.15) is 4.31 Å². The first-order chi connectivity index (χ1) is 11.8. The largest absolute Gasteiger partial charge is 0.335 e. The van der Waals surface area contributed by atoms with Gasteiger partial charge in [0.05, 0.1) is 20.6 Å². The highest BCUT2D eigenvalue weighted by atomic mass is 35.5. The summed E-state index contributed by atoms with van der Waals surface area (Å²) in [4.78, 5) is 14.6. The number of hydrogen-bond donors (Lipinski definition) is 0. The van der Waals surface area contributed by atoms with Crippen molar-refractivity contribution in [3.05, 3.63) is 38.8 Å². The Bertz CT molecular complexity index is 909.